The van der Waals surface area contributed by atoms with Crippen molar-refractivity contribution in [3.8, 4) is 0 Å². The summed E-state index contributed by atoms with van der Waals surface area (Å²) >= 11 is 0. The number of benzene rings is 2. The number of sulfone groups is 1. The van der Waals surface area contributed by atoms with Gasteiger partial charge in [-0.15, -0.1) is 0 Å². The Morgan fingerprint density at radius 3 is 2.15 bits per heavy atom. The van der Waals surface area contributed by atoms with Gasteiger partial charge >= 0.3 is 6.18 Å². The third-order valence-corrected chi connectivity index (χ3v) is 4.90. The van der Waals surface area contributed by atoms with Crippen molar-refractivity contribution >= 4 is 15.7 Å². The average molecular weight is 400 g/mol. The van der Waals surface area contributed by atoms with E-state index < -0.39 is 34.5 Å². The molecule has 0 aliphatic rings. The van der Waals surface area contributed by atoms with Gasteiger partial charge in [0.2, 0.25) is 5.91 Å². The van der Waals surface area contributed by atoms with Gasteiger partial charge < -0.3 is 5.32 Å². The van der Waals surface area contributed by atoms with E-state index in [2.05, 4.69) is 10.6 Å². The summed E-state index contributed by atoms with van der Waals surface area (Å²) in [5.41, 5.74) is 0.653. The van der Waals surface area contributed by atoms with Crippen molar-refractivity contribution in [2.24, 2.45) is 0 Å². The van der Waals surface area contributed by atoms with Gasteiger partial charge in [0.15, 0.2) is 9.84 Å². The van der Waals surface area contributed by atoms with Gasteiger partial charge in [0, 0.05) is 12.8 Å². The molecule has 0 bridgehead atoms. The highest BCUT2D eigenvalue weighted by atomic mass is 32.2. The lowest BCUT2D eigenvalue weighted by molar-refractivity contribution is -0.158. The van der Waals surface area contributed by atoms with Gasteiger partial charge in [-0.3, -0.25) is 10.1 Å². The molecule has 2 rings (SSSR count). The highest BCUT2D eigenvalue weighted by Gasteiger charge is 2.40. The molecule has 2 N–H and O–H groups in total. The van der Waals surface area contributed by atoms with Crippen molar-refractivity contribution in [3.63, 3.8) is 0 Å². The zero-order chi connectivity index (χ0) is 20.1. The average Bonchev–Trinajstić information content (AvgIpc) is 2.59. The van der Waals surface area contributed by atoms with E-state index >= 15 is 0 Å². The van der Waals surface area contributed by atoms with Crippen LogP contribution in [0.25, 0.3) is 0 Å². The van der Waals surface area contributed by atoms with Crippen LogP contribution >= 0.6 is 0 Å². The quantitative estimate of drug-likeness (QED) is 0.749. The Labute approximate surface area is 155 Å². The van der Waals surface area contributed by atoms with Crippen LogP contribution in [0.15, 0.2) is 59.5 Å². The van der Waals surface area contributed by atoms with Gasteiger partial charge in [0.1, 0.15) is 6.04 Å². The van der Waals surface area contributed by atoms with Crippen molar-refractivity contribution in [3.05, 3.63) is 65.7 Å². The van der Waals surface area contributed by atoms with Crippen LogP contribution in [0.1, 0.15) is 17.2 Å². The van der Waals surface area contributed by atoms with E-state index in [0.29, 0.717) is 5.56 Å². The fourth-order valence-corrected chi connectivity index (χ4v) is 3.01. The van der Waals surface area contributed by atoms with E-state index in [4.69, 9.17) is 0 Å². The molecule has 2 aromatic rings. The van der Waals surface area contributed by atoms with Crippen LogP contribution in [-0.2, 0) is 21.2 Å². The van der Waals surface area contributed by atoms with Crippen LogP contribution < -0.4 is 10.6 Å². The largest absolute Gasteiger partial charge is 0.407 e. The molecule has 0 heterocycles. The summed E-state index contributed by atoms with van der Waals surface area (Å²) in [6, 6.07) is 11.2. The molecule has 0 fully saturated rings. The number of nitrogens with one attached hydrogen (secondary N) is 2. The van der Waals surface area contributed by atoms with Crippen LogP contribution in [0.4, 0.5) is 13.2 Å². The van der Waals surface area contributed by atoms with Crippen molar-refractivity contribution in [2.45, 2.75) is 23.7 Å². The molecule has 5 nitrogen and oxygen atoms in total. The van der Waals surface area contributed by atoms with Gasteiger partial charge in [0.05, 0.1) is 11.4 Å². The van der Waals surface area contributed by atoms with Crippen molar-refractivity contribution in [2.75, 3.05) is 12.8 Å². The summed E-state index contributed by atoms with van der Waals surface area (Å²) in [6.45, 7) is -0.437. The SMILES string of the molecule is CS(=O)(=O)c1ccc(CNC(=O)CNC(c2ccccc2)C(F)(F)F)cc1. The van der Waals surface area contributed by atoms with E-state index in [0.717, 1.165) is 6.26 Å². The van der Waals surface area contributed by atoms with Gasteiger partial charge in [-0.05, 0) is 23.3 Å². The zero-order valence-corrected chi connectivity index (χ0v) is 15.3. The van der Waals surface area contributed by atoms with Gasteiger partial charge in [-0.25, -0.2) is 8.42 Å². The lowest BCUT2D eigenvalue weighted by Crippen LogP contribution is -2.40. The Bertz CT molecular complexity index is 867. The number of amides is 1. The van der Waals surface area contributed by atoms with Gasteiger partial charge in [0.25, 0.3) is 0 Å². The van der Waals surface area contributed by atoms with Crippen LogP contribution in [0.5, 0.6) is 0 Å². The van der Waals surface area contributed by atoms with Crippen LogP contribution in [0.2, 0.25) is 0 Å². The third-order valence-electron chi connectivity index (χ3n) is 3.77. The van der Waals surface area contributed by atoms with E-state index in [1.54, 1.807) is 6.07 Å². The predicted molar refractivity (Wildman–Crippen MR) is 94.6 cm³/mol. The fraction of sp³-hybridized carbons (Fsp3) is 0.278. The highest BCUT2D eigenvalue weighted by Crippen LogP contribution is 2.32. The summed E-state index contributed by atoms with van der Waals surface area (Å²) in [7, 11) is -3.31. The summed E-state index contributed by atoms with van der Waals surface area (Å²) < 4.78 is 62.4. The molecular formula is C18H19F3N2O3S. The molecule has 1 unspecified atom stereocenters. The van der Waals surface area contributed by atoms with Crippen LogP contribution in [0, 0.1) is 0 Å². The third kappa shape index (κ3) is 6.37. The molecule has 0 aliphatic heterocycles. The maximum Gasteiger partial charge on any atom is 0.407 e. The summed E-state index contributed by atoms with van der Waals surface area (Å²) in [6.07, 6.45) is -3.46. The first kappa shape index (κ1) is 20.9. The Balaban J connectivity index is 1.91. The molecule has 0 saturated carbocycles. The lowest BCUT2D eigenvalue weighted by Gasteiger charge is -2.21. The van der Waals surface area contributed by atoms with Gasteiger partial charge in [-0.1, -0.05) is 42.5 Å². The Morgan fingerprint density at radius 1 is 1.04 bits per heavy atom. The Kier molecular flexibility index (Phi) is 6.61. The minimum Gasteiger partial charge on any atom is -0.351 e. The maximum absolute atomic E-state index is 13.2. The molecule has 2 aromatic carbocycles. The second-order valence-corrected chi connectivity index (χ2v) is 7.97. The number of rotatable bonds is 7. The van der Waals surface area contributed by atoms with Crippen molar-refractivity contribution in [1.82, 2.24) is 10.6 Å². The smallest absolute Gasteiger partial charge is 0.351 e. The van der Waals surface area contributed by atoms with E-state index in [1.165, 1.54) is 48.5 Å². The fourth-order valence-electron chi connectivity index (χ4n) is 2.38. The number of carbonyl (C=O) groups excluding carboxylic acids is 1. The zero-order valence-electron chi connectivity index (χ0n) is 14.5. The number of carbonyl (C=O) groups is 1. The molecule has 146 valence electrons. The monoisotopic (exact) mass is 400 g/mol. The summed E-state index contributed by atoms with van der Waals surface area (Å²) in [4.78, 5) is 12.0. The maximum atomic E-state index is 13.2. The minimum absolute atomic E-state index is 0.0224. The van der Waals surface area contributed by atoms with Crippen LogP contribution in [0.3, 0.4) is 0 Å². The van der Waals surface area contributed by atoms with E-state index in [1.807, 2.05) is 0 Å². The molecule has 0 aromatic heterocycles. The second-order valence-electron chi connectivity index (χ2n) is 5.96. The van der Waals surface area contributed by atoms with Crippen molar-refractivity contribution < 1.29 is 26.4 Å². The van der Waals surface area contributed by atoms with Crippen LogP contribution in [-0.4, -0.2) is 33.3 Å². The Hall–Kier alpha value is -2.39. The highest BCUT2D eigenvalue weighted by molar-refractivity contribution is 7.90. The molecular weight excluding hydrogens is 381 g/mol. The normalized spacial score (nSPS) is 13.2. The van der Waals surface area contributed by atoms with Crippen molar-refractivity contribution in [1.29, 1.82) is 0 Å². The number of alkyl halides is 3. The molecule has 0 spiro atoms. The number of hydrogen-bond donors (Lipinski definition) is 2. The minimum atomic E-state index is -4.54. The Morgan fingerprint density at radius 2 is 1.63 bits per heavy atom. The molecule has 9 heteroatoms. The summed E-state index contributed by atoms with van der Waals surface area (Å²) in [5.74, 6) is -0.604. The topological polar surface area (TPSA) is 75.3 Å². The predicted octanol–water partition coefficient (Wildman–Crippen LogP) is 2.60. The standard InChI is InChI=1S/C18H19F3N2O3S/c1-27(25,26)15-9-7-13(8-10-15)11-22-16(24)12-23-17(18(19,20)21)14-5-3-2-4-6-14/h2-10,17,23H,11-12H2,1H3,(H,22,24). The second kappa shape index (κ2) is 8.53. The molecule has 27 heavy (non-hydrogen) atoms. The number of halogens is 3. The molecule has 0 radical (unpaired) electrons. The van der Waals surface area contributed by atoms with Gasteiger partial charge in [-0.2, -0.15) is 13.2 Å². The lowest BCUT2D eigenvalue weighted by atomic mass is 10.1. The molecule has 1 amide bonds. The molecule has 1 atom stereocenters. The number of hydrogen-bond acceptors (Lipinski definition) is 4. The first-order valence-electron chi connectivity index (χ1n) is 7.98. The van der Waals surface area contributed by atoms with E-state index in [-0.39, 0.29) is 17.0 Å². The first-order chi connectivity index (χ1) is 12.6. The van der Waals surface area contributed by atoms with E-state index in [9.17, 15) is 26.4 Å². The molecule has 0 saturated heterocycles. The first-order valence-corrected chi connectivity index (χ1v) is 9.87. The summed E-state index contributed by atoms with van der Waals surface area (Å²) in [5, 5.41) is 4.72. The molecule has 0 aliphatic carbocycles.